The smallest absolute Gasteiger partial charge is 0.317 e. The summed E-state index contributed by atoms with van der Waals surface area (Å²) >= 11 is 0. The van der Waals surface area contributed by atoms with E-state index >= 15 is 0 Å². The van der Waals surface area contributed by atoms with Crippen LogP contribution in [0, 0.1) is 0 Å². The van der Waals surface area contributed by atoms with E-state index in [2.05, 4.69) is 132 Å². The van der Waals surface area contributed by atoms with Crippen LogP contribution in [0.3, 0.4) is 0 Å². The lowest BCUT2D eigenvalue weighted by molar-refractivity contribution is 0.199. The van der Waals surface area contributed by atoms with E-state index in [1.807, 2.05) is 0 Å². The topological polar surface area (TPSA) is 32.3 Å². The molecule has 5 heteroatoms. The third-order valence-electron chi connectivity index (χ3n) is 6.83. The summed E-state index contributed by atoms with van der Waals surface area (Å²) in [5.74, 6) is 0. The van der Waals surface area contributed by atoms with E-state index in [4.69, 9.17) is 0 Å². The Kier molecular flexibility index (Phi) is 8.11. The normalized spacial score (nSPS) is 17.5. The average molecular weight is 511 g/mol. The number of carbonyl (C=O) groups excluding carboxylic acids is 1. The maximum Gasteiger partial charge on any atom is 0.317 e. The largest absolute Gasteiger partial charge is 0.341 e. The van der Waals surface area contributed by atoms with Crippen LogP contribution in [0.4, 0.5) is 4.79 Å². The molecule has 0 saturated carbocycles. The molecule has 0 bridgehead atoms. The van der Waals surface area contributed by atoms with Crippen LogP contribution in [-0.4, -0.2) is 42.4 Å². The summed E-state index contributed by atoms with van der Waals surface area (Å²) in [7, 11) is 0.589. The highest BCUT2D eigenvalue weighted by atomic mass is 31.1. The van der Waals surface area contributed by atoms with Crippen molar-refractivity contribution in [2.45, 2.75) is 18.1 Å². The second-order valence-electron chi connectivity index (χ2n) is 9.07. The minimum Gasteiger partial charge on any atom is -0.341 e. The lowest BCUT2D eigenvalue weighted by Gasteiger charge is -2.28. The van der Waals surface area contributed by atoms with E-state index < -0.39 is 15.8 Å². The number of nitrogens with one attached hydrogen (secondary N) is 1. The third-order valence-corrected chi connectivity index (χ3v) is 12.3. The van der Waals surface area contributed by atoms with Crippen LogP contribution in [0.5, 0.6) is 0 Å². The Labute approximate surface area is 217 Å². The average Bonchev–Trinajstić information content (AvgIpc) is 3.37. The van der Waals surface area contributed by atoms with Crippen LogP contribution >= 0.6 is 15.8 Å². The van der Waals surface area contributed by atoms with Gasteiger partial charge in [0.2, 0.25) is 0 Å². The lowest BCUT2D eigenvalue weighted by atomic mass is 10.2. The van der Waals surface area contributed by atoms with Gasteiger partial charge < -0.3 is 10.2 Å². The van der Waals surface area contributed by atoms with Gasteiger partial charge in [-0.05, 0) is 49.6 Å². The van der Waals surface area contributed by atoms with Crippen LogP contribution in [0.1, 0.15) is 6.42 Å². The van der Waals surface area contributed by atoms with Gasteiger partial charge in [0.25, 0.3) is 0 Å². The molecular weight excluding hydrogens is 478 g/mol. The zero-order valence-corrected chi connectivity index (χ0v) is 22.4. The molecule has 4 aromatic carbocycles. The third kappa shape index (κ3) is 5.54. The molecule has 36 heavy (non-hydrogen) atoms. The molecule has 1 saturated heterocycles. The second-order valence-corrected chi connectivity index (χ2v) is 13.8. The number of benzene rings is 4. The SMILES string of the molecule is CNC(=O)N1CC(P(c2ccccc2)c2ccccc2)CC1CP(c1ccccc1)c1ccccc1. The maximum absolute atomic E-state index is 13.1. The molecule has 1 fully saturated rings. The standard InChI is InChI=1S/C31H32N2OP2/c1-32-31(34)33-23-30(36(28-18-10-4-11-19-28)29-20-12-5-13-21-29)22-25(33)24-35(26-14-6-2-7-15-26)27-16-8-3-9-17-27/h2-21,25,30H,22-24H2,1H3,(H,32,34). The number of hydrogen-bond acceptors (Lipinski definition) is 1. The van der Waals surface area contributed by atoms with E-state index in [1.54, 1.807) is 7.05 Å². The van der Waals surface area contributed by atoms with Crippen molar-refractivity contribution in [3.8, 4) is 0 Å². The molecule has 0 spiro atoms. The Morgan fingerprint density at radius 2 is 1.14 bits per heavy atom. The van der Waals surface area contributed by atoms with Gasteiger partial charge >= 0.3 is 6.03 Å². The summed E-state index contributed by atoms with van der Waals surface area (Å²) in [4.78, 5) is 15.3. The Bertz CT molecular complexity index is 1160. The first-order chi connectivity index (χ1) is 17.7. The zero-order chi connectivity index (χ0) is 24.7. The first kappa shape index (κ1) is 24.7. The lowest BCUT2D eigenvalue weighted by Crippen LogP contribution is -2.43. The molecule has 4 aromatic rings. The highest BCUT2D eigenvalue weighted by molar-refractivity contribution is 7.74. The van der Waals surface area contributed by atoms with Gasteiger partial charge in [0, 0.05) is 25.3 Å². The van der Waals surface area contributed by atoms with E-state index in [1.165, 1.54) is 21.2 Å². The number of hydrogen-bond donors (Lipinski definition) is 1. The fourth-order valence-corrected chi connectivity index (χ4v) is 10.7. The van der Waals surface area contributed by atoms with Gasteiger partial charge in [-0.2, -0.15) is 0 Å². The van der Waals surface area contributed by atoms with Gasteiger partial charge in [0.05, 0.1) is 0 Å². The van der Waals surface area contributed by atoms with Gasteiger partial charge in [0.1, 0.15) is 0 Å². The van der Waals surface area contributed by atoms with E-state index in [-0.39, 0.29) is 12.1 Å². The Hall–Kier alpha value is -2.99. The molecule has 1 aliphatic rings. The van der Waals surface area contributed by atoms with Crippen LogP contribution in [0.2, 0.25) is 0 Å². The van der Waals surface area contributed by atoms with Gasteiger partial charge in [-0.25, -0.2) is 4.79 Å². The van der Waals surface area contributed by atoms with Crippen molar-refractivity contribution in [3.05, 3.63) is 121 Å². The van der Waals surface area contributed by atoms with Crippen LogP contribution in [0.25, 0.3) is 0 Å². The minimum atomic E-state index is -0.583. The molecule has 2 amide bonds. The fourth-order valence-electron chi connectivity index (χ4n) is 5.18. The van der Waals surface area contributed by atoms with Gasteiger partial charge in [0.15, 0.2) is 0 Å². The predicted molar refractivity (Wildman–Crippen MR) is 156 cm³/mol. The highest BCUT2D eigenvalue weighted by Crippen LogP contribution is 2.47. The number of rotatable bonds is 7. The molecule has 0 aromatic heterocycles. The molecule has 1 heterocycles. The number of nitrogens with zero attached hydrogens (tertiary/aromatic N) is 1. The minimum absolute atomic E-state index is 0.0367. The van der Waals surface area contributed by atoms with Crippen molar-refractivity contribution in [2.24, 2.45) is 0 Å². The van der Waals surface area contributed by atoms with Crippen LogP contribution < -0.4 is 26.5 Å². The quantitative estimate of drug-likeness (QED) is 0.348. The first-order valence-electron chi connectivity index (χ1n) is 12.5. The summed E-state index contributed by atoms with van der Waals surface area (Å²) in [6.45, 7) is 0.784. The number of amides is 2. The Morgan fingerprint density at radius 3 is 1.56 bits per heavy atom. The molecule has 5 rings (SSSR count). The summed E-state index contributed by atoms with van der Waals surface area (Å²) in [6.07, 6.45) is 1.99. The highest BCUT2D eigenvalue weighted by Gasteiger charge is 2.40. The van der Waals surface area contributed by atoms with Gasteiger partial charge in [-0.3, -0.25) is 0 Å². The van der Waals surface area contributed by atoms with E-state index in [0.717, 1.165) is 19.1 Å². The van der Waals surface area contributed by atoms with Gasteiger partial charge in [-0.15, -0.1) is 0 Å². The molecule has 182 valence electrons. The van der Waals surface area contributed by atoms with Gasteiger partial charge in [-0.1, -0.05) is 121 Å². The zero-order valence-electron chi connectivity index (χ0n) is 20.6. The Balaban J connectivity index is 1.49. The molecule has 1 aliphatic heterocycles. The summed E-state index contributed by atoms with van der Waals surface area (Å²) in [6, 6.07) is 43.7. The fraction of sp³-hybridized carbons (Fsp3) is 0.194. The molecule has 2 atom stereocenters. The summed E-state index contributed by atoms with van der Waals surface area (Å²) < 4.78 is 0. The molecule has 2 unspecified atom stereocenters. The van der Waals surface area contributed by atoms with Crippen molar-refractivity contribution in [1.82, 2.24) is 10.2 Å². The Morgan fingerprint density at radius 1 is 0.722 bits per heavy atom. The van der Waals surface area contributed by atoms with Crippen molar-refractivity contribution in [1.29, 1.82) is 0 Å². The second kappa shape index (κ2) is 11.8. The number of carbonyl (C=O) groups is 1. The van der Waals surface area contributed by atoms with Crippen molar-refractivity contribution < 1.29 is 4.79 Å². The summed E-state index contributed by atoms with van der Waals surface area (Å²) in [5.41, 5.74) is 0.412. The first-order valence-corrected chi connectivity index (χ1v) is 15.4. The maximum atomic E-state index is 13.1. The van der Waals surface area contributed by atoms with Crippen molar-refractivity contribution in [2.75, 3.05) is 19.8 Å². The molecule has 0 aliphatic carbocycles. The van der Waals surface area contributed by atoms with Crippen LogP contribution in [0.15, 0.2) is 121 Å². The van der Waals surface area contributed by atoms with E-state index in [0.29, 0.717) is 5.66 Å². The number of likely N-dealkylation sites (tertiary alicyclic amines) is 1. The molecular formula is C31H32N2OP2. The van der Waals surface area contributed by atoms with Crippen molar-refractivity contribution >= 4 is 43.1 Å². The van der Waals surface area contributed by atoms with Crippen molar-refractivity contribution in [3.63, 3.8) is 0 Å². The van der Waals surface area contributed by atoms with E-state index in [9.17, 15) is 4.79 Å². The number of urea groups is 1. The van der Waals surface area contributed by atoms with Crippen LogP contribution in [-0.2, 0) is 0 Å². The predicted octanol–water partition coefficient (Wildman–Crippen LogP) is 5.03. The molecule has 0 radical (unpaired) electrons. The monoisotopic (exact) mass is 510 g/mol. The summed E-state index contributed by atoms with van der Waals surface area (Å²) in [5, 5.41) is 8.43. The molecule has 3 nitrogen and oxygen atoms in total. The molecule has 1 N–H and O–H groups in total.